The average molecular weight is 417 g/mol. The van der Waals surface area contributed by atoms with Crippen LogP contribution in [0.3, 0.4) is 0 Å². The third-order valence-electron chi connectivity index (χ3n) is 4.10. The number of carbonyl (C=O) groups is 1. The number of amides is 1. The van der Waals surface area contributed by atoms with Crippen LogP contribution >= 0.6 is 34.4 Å². The minimum absolute atomic E-state index is 0.114. The van der Waals surface area contributed by atoms with Crippen LogP contribution in [0, 0.1) is 13.8 Å². The summed E-state index contributed by atoms with van der Waals surface area (Å²) in [6, 6.07) is 7.76. The smallest absolute Gasteiger partial charge is 0.259 e. The Morgan fingerprint density at radius 1 is 1.22 bits per heavy atom. The van der Waals surface area contributed by atoms with E-state index < -0.39 is 0 Å². The molecule has 0 saturated heterocycles. The van der Waals surface area contributed by atoms with E-state index in [4.69, 9.17) is 0 Å². The fourth-order valence-corrected chi connectivity index (χ4v) is 5.31. The monoisotopic (exact) mass is 416 g/mol. The third-order valence-corrected chi connectivity index (χ3v) is 7.10. The fraction of sp³-hybridized carbons (Fsp3) is 0.222. The molecular weight excluding hydrogens is 400 g/mol. The molecule has 0 fully saturated rings. The van der Waals surface area contributed by atoms with E-state index in [-0.39, 0.29) is 17.2 Å². The van der Waals surface area contributed by atoms with Gasteiger partial charge in [0, 0.05) is 4.88 Å². The number of thioether (sulfide) groups is 1. The van der Waals surface area contributed by atoms with Crippen molar-refractivity contribution in [3.05, 3.63) is 50.9 Å². The summed E-state index contributed by atoms with van der Waals surface area (Å²) in [5.74, 6) is 1.20. The number of anilines is 1. The zero-order chi connectivity index (χ0) is 19.0. The molecule has 4 aromatic rings. The number of H-pyrrole nitrogens is 1. The molecule has 6 nitrogen and oxygen atoms in total. The van der Waals surface area contributed by atoms with Crippen molar-refractivity contribution in [2.75, 3.05) is 11.1 Å². The predicted molar refractivity (Wildman–Crippen MR) is 114 cm³/mol. The Bertz CT molecular complexity index is 1180. The van der Waals surface area contributed by atoms with E-state index in [9.17, 15) is 9.59 Å². The number of rotatable bonds is 5. The molecule has 9 heteroatoms. The van der Waals surface area contributed by atoms with Gasteiger partial charge in [-0.05, 0) is 31.5 Å². The predicted octanol–water partition coefficient (Wildman–Crippen LogP) is 4.08. The molecule has 0 unspecified atom stereocenters. The first kappa shape index (κ1) is 18.1. The van der Waals surface area contributed by atoms with Crippen LogP contribution in [0.2, 0.25) is 0 Å². The number of nitrogens with one attached hydrogen (secondary N) is 2. The Labute approximate surface area is 167 Å². The highest BCUT2D eigenvalue weighted by atomic mass is 32.2. The molecule has 0 saturated carbocycles. The number of thiophene rings is 1. The van der Waals surface area contributed by atoms with Gasteiger partial charge in [0.15, 0.2) is 5.13 Å². The molecule has 0 bridgehead atoms. The van der Waals surface area contributed by atoms with Crippen LogP contribution in [-0.2, 0) is 10.5 Å². The molecule has 2 N–H and O–H groups in total. The topological polar surface area (TPSA) is 87.7 Å². The first-order valence-corrected chi connectivity index (χ1v) is 11.0. The van der Waals surface area contributed by atoms with Crippen LogP contribution in [0.25, 0.3) is 20.4 Å². The van der Waals surface area contributed by atoms with Gasteiger partial charge in [-0.1, -0.05) is 23.5 Å². The number of thiazole rings is 1. The second-order valence-electron chi connectivity index (χ2n) is 6.00. The van der Waals surface area contributed by atoms with Crippen LogP contribution in [0.4, 0.5) is 5.13 Å². The molecule has 3 aromatic heterocycles. The van der Waals surface area contributed by atoms with Crippen molar-refractivity contribution in [1.82, 2.24) is 15.0 Å². The number of hydrogen-bond acceptors (Lipinski definition) is 7. The summed E-state index contributed by atoms with van der Waals surface area (Å²) >= 11 is 4.38. The lowest BCUT2D eigenvalue weighted by molar-refractivity contribution is -0.113. The van der Waals surface area contributed by atoms with Gasteiger partial charge in [-0.25, -0.2) is 9.97 Å². The first-order chi connectivity index (χ1) is 13.0. The molecule has 27 heavy (non-hydrogen) atoms. The summed E-state index contributed by atoms with van der Waals surface area (Å²) in [7, 11) is 0. The Morgan fingerprint density at radius 2 is 2.04 bits per heavy atom. The number of hydrogen-bond donors (Lipinski definition) is 2. The van der Waals surface area contributed by atoms with E-state index in [2.05, 4.69) is 20.3 Å². The van der Waals surface area contributed by atoms with Crippen LogP contribution in [-0.4, -0.2) is 26.6 Å². The van der Waals surface area contributed by atoms with Gasteiger partial charge in [-0.15, -0.1) is 23.1 Å². The number of aromatic nitrogens is 3. The highest BCUT2D eigenvalue weighted by molar-refractivity contribution is 7.99. The zero-order valence-electron chi connectivity index (χ0n) is 14.7. The summed E-state index contributed by atoms with van der Waals surface area (Å²) in [6.45, 7) is 3.92. The van der Waals surface area contributed by atoms with Crippen molar-refractivity contribution in [3.63, 3.8) is 0 Å². The summed E-state index contributed by atoms with van der Waals surface area (Å²) in [6.07, 6.45) is 0. The number of benzene rings is 1. The number of carbonyl (C=O) groups excluding carboxylic acids is 1. The van der Waals surface area contributed by atoms with Gasteiger partial charge in [-0.3, -0.25) is 9.59 Å². The second kappa shape index (κ2) is 7.41. The van der Waals surface area contributed by atoms with Crippen molar-refractivity contribution in [1.29, 1.82) is 0 Å². The number of aryl methyl sites for hydroxylation is 2. The maximum absolute atomic E-state index is 12.3. The molecule has 4 rings (SSSR count). The summed E-state index contributed by atoms with van der Waals surface area (Å²) in [5.41, 5.74) is 1.75. The van der Waals surface area contributed by atoms with E-state index in [1.54, 1.807) is 0 Å². The molecular formula is C18H16N4O2S3. The lowest BCUT2D eigenvalue weighted by atomic mass is 10.2. The van der Waals surface area contributed by atoms with Crippen molar-refractivity contribution < 1.29 is 4.79 Å². The Kier molecular flexibility index (Phi) is 4.98. The van der Waals surface area contributed by atoms with Crippen LogP contribution in [0.15, 0.2) is 29.1 Å². The van der Waals surface area contributed by atoms with E-state index in [0.717, 1.165) is 25.5 Å². The minimum atomic E-state index is -0.120. The highest BCUT2D eigenvalue weighted by Crippen LogP contribution is 2.27. The van der Waals surface area contributed by atoms with Gasteiger partial charge < -0.3 is 10.3 Å². The Balaban J connectivity index is 1.38. The number of nitrogens with zero attached hydrogens (tertiary/aromatic N) is 2. The van der Waals surface area contributed by atoms with Crippen molar-refractivity contribution >= 4 is 65.9 Å². The van der Waals surface area contributed by atoms with E-state index in [0.29, 0.717) is 22.1 Å². The third kappa shape index (κ3) is 3.76. The van der Waals surface area contributed by atoms with Crippen LogP contribution in [0.1, 0.15) is 16.3 Å². The molecule has 138 valence electrons. The standard InChI is InChI=1S/C18H16N4O2S3/c1-9-10(2)26-17-15(9)16(24)20-13(21-17)7-25-8-14(23)22-18-19-11-5-3-4-6-12(11)27-18/h3-6H,7-8H2,1-2H3,(H,19,22,23)(H,20,21,24). The molecule has 3 heterocycles. The molecule has 0 aliphatic carbocycles. The van der Waals surface area contributed by atoms with Crippen molar-refractivity contribution in [2.45, 2.75) is 19.6 Å². The van der Waals surface area contributed by atoms with E-state index in [1.165, 1.54) is 34.4 Å². The maximum atomic E-state index is 12.3. The van der Waals surface area contributed by atoms with Gasteiger partial charge in [0.05, 0.1) is 27.1 Å². The fourth-order valence-electron chi connectivity index (χ4n) is 2.69. The molecule has 1 amide bonds. The second-order valence-corrected chi connectivity index (χ2v) is 9.22. The minimum Gasteiger partial charge on any atom is -0.309 e. The lowest BCUT2D eigenvalue weighted by Crippen LogP contribution is -2.15. The summed E-state index contributed by atoms with van der Waals surface area (Å²) in [4.78, 5) is 38.0. The lowest BCUT2D eigenvalue weighted by Gasteiger charge is -2.02. The number of fused-ring (bicyclic) bond motifs is 2. The van der Waals surface area contributed by atoms with Gasteiger partial charge in [0.1, 0.15) is 10.7 Å². The first-order valence-electron chi connectivity index (χ1n) is 8.23. The van der Waals surface area contributed by atoms with Crippen molar-refractivity contribution in [3.8, 4) is 0 Å². The van der Waals surface area contributed by atoms with Gasteiger partial charge >= 0.3 is 0 Å². The van der Waals surface area contributed by atoms with Crippen LogP contribution < -0.4 is 10.9 Å². The average Bonchev–Trinajstić information content (AvgIpc) is 3.15. The highest BCUT2D eigenvalue weighted by Gasteiger charge is 2.13. The zero-order valence-corrected chi connectivity index (χ0v) is 17.1. The van der Waals surface area contributed by atoms with Crippen LogP contribution in [0.5, 0.6) is 0 Å². The largest absolute Gasteiger partial charge is 0.309 e. The van der Waals surface area contributed by atoms with E-state index in [1.807, 2.05) is 38.1 Å². The number of aromatic amines is 1. The molecule has 0 atom stereocenters. The SMILES string of the molecule is Cc1sc2nc(CSCC(=O)Nc3nc4ccccc4s3)[nH]c(=O)c2c1C. The number of para-hydroxylation sites is 1. The molecule has 1 aromatic carbocycles. The maximum Gasteiger partial charge on any atom is 0.259 e. The molecule has 0 spiro atoms. The molecule has 0 aliphatic heterocycles. The van der Waals surface area contributed by atoms with E-state index >= 15 is 0 Å². The molecule has 0 aliphatic rings. The Hall–Kier alpha value is -2.23. The van der Waals surface area contributed by atoms with Crippen molar-refractivity contribution in [2.24, 2.45) is 0 Å². The Morgan fingerprint density at radius 3 is 2.85 bits per heavy atom. The van der Waals surface area contributed by atoms with Gasteiger partial charge in [0.2, 0.25) is 5.91 Å². The normalized spacial score (nSPS) is 11.3. The van der Waals surface area contributed by atoms with Gasteiger partial charge in [0.25, 0.3) is 5.56 Å². The van der Waals surface area contributed by atoms with Gasteiger partial charge in [-0.2, -0.15) is 0 Å². The summed E-state index contributed by atoms with van der Waals surface area (Å²) in [5, 5.41) is 4.09. The molecule has 0 radical (unpaired) electrons. The quantitative estimate of drug-likeness (QED) is 0.512. The summed E-state index contributed by atoms with van der Waals surface area (Å²) < 4.78 is 1.04.